The summed E-state index contributed by atoms with van der Waals surface area (Å²) in [5.74, 6) is 0.147. The van der Waals surface area contributed by atoms with E-state index in [9.17, 15) is 14.4 Å². The highest BCUT2D eigenvalue weighted by atomic mass is 16.5. The van der Waals surface area contributed by atoms with Gasteiger partial charge in [-0.15, -0.1) is 0 Å². The molecule has 1 saturated carbocycles. The number of nitrogens with one attached hydrogen (secondary N) is 2. The number of piperidine rings is 1. The van der Waals surface area contributed by atoms with Crippen molar-refractivity contribution in [2.45, 2.75) is 57.4 Å². The molecule has 0 spiro atoms. The summed E-state index contributed by atoms with van der Waals surface area (Å²) in [6.07, 6.45) is 4.77. The van der Waals surface area contributed by atoms with Crippen molar-refractivity contribution < 1.29 is 18.7 Å². The Bertz CT molecular complexity index is 743. The summed E-state index contributed by atoms with van der Waals surface area (Å²) in [5.41, 5.74) is 0.154. The van der Waals surface area contributed by atoms with Gasteiger partial charge in [0.15, 0.2) is 0 Å². The van der Waals surface area contributed by atoms with Crippen LogP contribution in [0.1, 0.15) is 66.1 Å². The standard InChI is InChI=1S/C20H28N2O5/c1-12-10-16(14-4-3-9-21-11-14)27-20(25)17(12)18(23)22-15-7-5-13(6-8-15)19(24)26-2/h10,13-15,21H,3-9,11H2,1-2H3,(H,22,23). The Balaban J connectivity index is 1.65. The summed E-state index contributed by atoms with van der Waals surface area (Å²) in [6.45, 7) is 3.55. The molecule has 1 aliphatic carbocycles. The van der Waals surface area contributed by atoms with Crippen LogP contribution >= 0.6 is 0 Å². The van der Waals surface area contributed by atoms with Gasteiger partial charge >= 0.3 is 11.6 Å². The van der Waals surface area contributed by atoms with Crippen LogP contribution in [0, 0.1) is 12.8 Å². The molecule has 0 aromatic carbocycles. The number of amides is 1. The van der Waals surface area contributed by atoms with Crippen LogP contribution in [-0.2, 0) is 9.53 Å². The second kappa shape index (κ2) is 8.69. The van der Waals surface area contributed by atoms with Gasteiger partial charge in [0.2, 0.25) is 0 Å². The number of methoxy groups -OCH3 is 1. The molecule has 7 heteroatoms. The van der Waals surface area contributed by atoms with E-state index in [4.69, 9.17) is 9.15 Å². The van der Waals surface area contributed by atoms with Gasteiger partial charge in [0.05, 0.1) is 13.0 Å². The molecule has 0 radical (unpaired) electrons. The second-order valence-electron chi connectivity index (χ2n) is 7.58. The molecule has 2 N–H and O–H groups in total. The van der Waals surface area contributed by atoms with Gasteiger partial charge in [-0.25, -0.2) is 4.79 Å². The van der Waals surface area contributed by atoms with Gasteiger partial charge in [0, 0.05) is 18.5 Å². The number of ether oxygens (including phenoxy) is 1. The van der Waals surface area contributed by atoms with E-state index in [2.05, 4.69) is 10.6 Å². The quantitative estimate of drug-likeness (QED) is 0.779. The molecule has 1 aromatic heterocycles. The Morgan fingerprint density at radius 3 is 2.56 bits per heavy atom. The van der Waals surface area contributed by atoms with Crippen LogP contribution in [0.15, 0.2) is 15.3 Å². The molecule has 1 aromatic rings. The molecule has 2 fully saturated rings. The van der Waals surface area contributed by atoms with Crippen molar-refractivity contribution in [2.75, 3.05) is 20.2 Å². The lowest BCUT2D eigenvalue weighted by atomic mass is 9.86. The first-order valence-electron chi connectivity index (χ1n) is 9.73. The third-order valence-corrected chi connectivity index (χ3v) is 5.69. The molecule has 27 heavy (non-hydrogen) atoms. The monoisotopic (exact) mass is 376 g/mol. The molecule has 3 rings (SSSR count). The zero-order chi connectivity index (χ0) is 19.4. The molecule has 1 amide bonds. The number of carbonyl (C=O) groups is 2. The van der Waals surface area contributed by atoms with E-state index in [1.54, 1.807) is 6.92 Å². The van der Waals surface area contributed by atoms with Crippen molar-refractivity contribution in [2.24, 2.45) is 5.92 Å². The van der Waals surface area contributed by atoms with Crippen molar-refractivity contribution in [3.63, 3.8) is 0 Å². The van der Waals surface area contributed by atoms with Crippen molar-refractivity contribution in [3.8, 4) is 0 Å². The lowest BCUT2D eigenvalue weighted by Gasteiger charge is -2.27. The number of rotatable bonds is 4. The minimum atomic E-state index is -0.573. The molecular weight excluding hydrogens is 348 g/mol. The van der Waals surface area contributed by atoms with E-state index in [0.29, 0.717) is 37.0 Å². The highest BCUT2D eigenvalue weighted by Gasteiger charge is 2.29. The van der Waals surface area contributed by atoms with Gasteiger partial charge in [0.25, 0.3) is 5.91 Å². The minimum absolute atomic E-state index is 0.0422. The maximum absolute atomic E-state index is 12.6. The summed E-state index contributed by atoms with van der Waals surface area (Å²) < 4.78 is 10.3. The molecule has 1 unspecified atom stereocenters. The zero-order valence-electron chi connectivity index (χ0n) is 16.0. The Morgan fingerprint density at radius 1 is 1.22 bits per heavy atom. The molecule has 1 aliphatic heterocycles. The third kappa shape index (κ3) is 4.58. The molecule has 1 atom stereocenters. The number of carbonyl (C=O) groups excluding carboxylic acids is 2. The largest absolute Gasteiger partial charge is 0.469 e. The van der Waals surface area contributed by atoms with Gasteiger partial charge in [0.1, 0.15) is 11.3 Å². The number of aryl methyl sites for hydroxylation is 1. The van der Waals surface area contributed by atoms with Crippen LogP contribution in [-0.4, -0.2) is 38.1 Å². The molecule has 148 valence electrons. The van der Waals surface area contributed by atoms with Crippen LogP contribution in [0.3, 0.4) is 0 Å². The summed E-state index contributed by atoms with van der Waals surface area (Å²) in [4.78, 5) is 36.7. The third-order valence-electron chi connectivity index (χ3n) is 5.69. The summed E-state index contributed by atoms with van der Waals surface area (Å²) in [6, 6.07) is 1.78. The minimum Gasteiger partial charge on any atom is -0.469 e. The molecule has 2 aliphatic rings. The van der Waals surface area contributed by atoms with Gasteiger partial charge in [-0.05, 0) is 63.6 Å². The van der Waals surface area contributed by atoms with E-state index in [1.165, 1.54) is 7.11 Å². The predicted molar refractivity (Wildman–Crippen MR) is 99.8 cm³/mol. The van der Waals surface area contributed by atoms with Crippen molar-refractivity contribution in [1.29, 1.82) is 0 Å². The molecule has 1 saturated heterocycles. The zero-order valence-corrected chi connectivity index (χ0v) is 16.0. The average Bonchev–Trinajstić information content (AvgIpc) is 2.68. The highest BCUT2D eigenvalue weighted by Crippen LogP contribution is 2.26. The molecule has 2 heterocycles. The van der Waals surface area contributed by atoms with Crippen LogP contribution in [0.5, 0.6) is 0 Å². The molecule has 7 nitrogen and oxygen atoms in total. The fourth-order valence-corrected chi connectivity index (χ4v) is 4.10. The lowest BCUT2D eigenvalue weighted by Crippen LogP contribution is -2.41. The van der Waals surface area contributed by atoms with Crippen LogP contribution in [0.4, 0.5) is 0 Å². The van der Waals surface area contributed by atoms with Gasteiger partial charge in [-0.3, -0.25) is 9.59 Å². The summed E-state index contributed by atoms with van der Waals surface area (Å²) >= 11 is 0. The first kappa shape index (κ1) is 19.6. The highest BCUT2D eigenvalue weighted by molar-refractivity contribution is 5.95. The van der Waals surface area contributed by atoms with E-state index in [0.717, 1.165) is 25.9 Å². The average molecular weight is 376 g/mol. The maximum atomic E-state index is 12.6. The Labute approximate surface area is 158 Å². The van der Waals surface area contributed by atoms with E-state index in [1.807, 2.05) is 6.07 Å². The normalized spacial score (nSPS) is 25.6. The maximum Gasteiger partial charge on any atom is 0.349 e. The van der Waals surface area contributed by atoms with E-state index < -0.39 is 11.5 Å². The second-order valence-corrected chi connectivity index (χ2v) is 7.58. The van der Waals surface area contributed by atoms with Crippen LogP contribution < -0.4 is 16.3 Å². The fraction of sp³-hybridized carbons (Fsp3) is 0.650. The fourth-order valence-electron chi connectivity index (χ4n) is 4.10. The van der Waals surface area contributed by atoms with Crippen LogP contribution in [0.25, 0.3) is 0 Å². The van der Waals surface area contributed by atoms with Crippen LogP contribution in [0.2, 0.25) is 0 Å². The number of esters is 1. The first-order chi connectivity index (χ1) is 13.0. The van der Waals surface area contributed by atoms with Crippen molar-refractivity contribution in [3.05, 3.63) is 33.4 Å². The Hall–Kier alpha value is -2.15. The number of hydrogen-bond donors (Lipinski definition) is 2. The van der Waals surface area contributed by atoms with Gasteiger partial charge in [-0.2, -0.15) is 0 Å². The smallest absolute Gasteiger partial charge is 0.349 e. The topological polar surface area (TPSA) is 97.6 Å². The van der Waals surface area contributed by atoms with Crippen molar-refractivity contribution in [1.82, 2.24) is 10.6 Å². The van der Waals surface area contributed by atoms with E-state index >= 15 is 0 Å². The van der Waals surface area contributed by atoms with Gasteiger partial charge < -0.3 is 19.8 Å². The SMILES string of the molecule is COC(=O)C1CCC(NC(=O)c2c(C)cc(C3CCCNC3)oc2=O)CC1. The lowest BCUT2D eigenvalue weighted by molar-refractivity contribution is -0.146. The molecule has 0 bridgehead atoms. The molecular formula is C20H28N2O5. The summed E-state index contributed by atoms with van der Waals surface area (Å²) in [7, 11) is 1.39. The van der Waals surface area contributed by atoms with E-state index in [-0.39, 0.29) is 29.4 Å². The first-order valence-corrected chi connectivity index (χ1v) is 9.73. The number of hydrogen-bond acceptors (Lipinski definition) is 6. The Kier molecular flexibility index (Phi) is 6.31. The Morgan fingerprint density at radius 2 is 1.96 bits per heavy atom. The predicted octanol–water partition coefficient (Wildman–Crippen LogP) is 1.88. The summed E-state index contributed by atoms with van der Waals surface area (Å²) in [5, 5.41) is 6.24. The van der Waals surface area contributed by atoms with Crippen molar-refractivity contribution >= 4 is 11.9 Å². The van der Waals surface area contributed by atoms with Gasteiger partial charge in [-0.1, -0.05) is 0 Å².